The van der Waals surface area contributed by atoms with Crippen LogP contribution in [0.2, 0.25) is 5.02 Å². The van der Waals surface area contributed by atoms with E-state index < -0.39 is 0 Å². The van der Waals surface area contributed by atoms with Crippen LogP contribution in [-0.2, 0) is 4.79 Å². The molecule has 1 aliphatic rings. The lowest BCUT2D eigenvalue weighted by atomic mass is 10.0. The van der Waals surface area contributed by atoms with Crippen LogP contribution in [0.15, 0.2) is 48.5 Å². The molecule has 0 saturated carbocycles. The first-order valence-electron chi connectivity index (χ1n) is 6.40. The third-order valence-corrected chi connectivity index (χ3v) is 3.62. The van der Waals surface area contributed by atoms with E-state index in [2.05, 4.69) is 6.07 Å². The quantitative estimate of drug-likeness (QED) is 0.804. The zero-order valence-electron chi connectivity index (χ0n) is 10.5. The van der Waals surface area contributed by atoms with Crippen molar-refractivity contribution in [2.24, 2.45) is 0 Å². The number of amides is 1. The first-order valence-corrected chi connectivity index (χ1v) is 6.78. The zero-order chi connectivity index (χ0) is 13.2. The SMILES string of the molecule is O=C1CCCN1c1cccc(-c2cccc(Cl)c2)c1. The fourth-order valence-electron chi connectivity index (χ4n) is 2.44. The third-order valence-electron chi connectivity index (χ3n) is 3.39. The highest BCUT2D eigenvalue weighted by Crippen LogP contribution is 2.28. The number of carbonyl (C=O) groups excluding carboxylic acids is 1. The number of hydrogen-bond donors (Lipinski definition) is 0. The monoisotopic (exact) mass is 271 g/mol. The Balaban J connectivity index is 1.98. The fourth-order valence-corrected chi connectivity index (χ4v) is 2.63. The molecule has 0 N–H and O–H groups in total. The molecule has 1 amide bonds. The summed E-state index contributed by atoms with van der Waals surface area (Å²) in [6.07, 6.45) is 1.60. The summed E-state index contributed by atoms with van der Waals surface area (Å²) in [5, 5.41) is 0.722. The van der Waals surface area contributed by atoms with Gasteiger partial charge in [0.2, 0.25) is 5.91 Å². The van der Waals surface area contributed by atoms with Crippen LogP contribution in [-0.4, -0.2) is 12.5 Å². The highest BCUT2D eigenvalue weighted by molar-refractivity contribution is 6.30. The molecule has 2 aromatic rings. The Labute approximate surface area is 117 Å². The molecule has 1 fully saturated rings. The van der Waals surface area contributed by atoms with Gasteiger partial charge in [-0.15, -0.1) is 0 Å². The Kier molecular flexibility index (Phi) is 3.26. The Morgan fingerprint density at radius 3 is 2.42 bits per heavy atom. The van der Waals surface area contributed by atoms with E-state index in [0.717, 1.165) is 34.8 Å². The first kappa shape index (κ1) is 12.2. The molecule has 19 heavy (non-hydrogen) atoms. The van der Waals surface area contributed by atoms with Gasteiger partial charge < -0.3 is 4.90 Å². The van der Waals surface area contributed by atoms with Gasteiger partial charge in [0.1, 0.15) is 0 Å². The lowest BCUT2D eigenvalue weighted by molar-refractivity contribution is -0.117. The van der Waals surface area contributed by atoms with E-state index in [0.29, 0.717) is 6.42 Å². The second-order valence-corrected chi connectivity index (χ2v) is 5.15. The minimum absolute atomic E-state index is 0.211. The average molecular weight is 272 g/mol. The van der Waals surface area contributed by atoms with Crippen LogP contribution in [0.4, 0.5) is 5.69 Å². The number of anilines is 1. The Hall–Kier alpha value is -1.80. The maximum atomic E-state index is 11.8. The summed E-state index contributed by atoms with van der Waals surface area (Å²) in [5.74, 6) is 0.211. The van der Waals surface area contributed by atoms with E-state index in [1.165, 1.54) is 0 Å². The molecule has 0 radical (unpaired) electrons. The van der Waals surface area contributed by atoms with E-state index in [1.54, 1.807) is 0 Å². The van der Waals surface area contributed by atoms with E-state index in [-0.39, 0.29) is 5.91 Å². The summed E-state index contributed by atoms with van der Waals surface area (Å²) in [4.78, 5) is 13.6. The van der Waals surface area contributed by atoms with E-state index >= 15 is 0 Å². The molecule has 3 heteroatoms. The predicted molar refractivity (Wildman–Crippen MR) is 78.5 cm³/mol. The van der Waals surface area contributed by atoms with Crippen molar-refractivity contribution in [3.05, 3.63) is 53.6 Å². The van der Waals surface area contributed by atoms with Crippen molar-refractivity contribution in [2.75, 3.05) is 11.4 Å². The number of carbonyl (C=O) groups is 1. The molecular formula is C16H14ClNO. The van der Waals surface area contributed by atoms with Gasteiger partial charge >= 0.3 is 0 Å². The molecule has 1 heterocycles. The van der Waals surface area contributed by atoms with Crippen molar-refractivity contribution in [2.45, 2.75) is 12.8 Å². The maximum absolute atomic E-state index is 11.8. The van der Waals surface area contributed by atoms with E-state index in [1.807, 2.05) is 47.4 Å². The number of rotatable bonds is 2. The lowest BCUT2D eigenvalue weighted by Gasteiger charge is -2.16. The van der Waals surface area contributed by atoms with Crippen LogP contribution < -0.4 is 4.90 Å². The highest BCUT2D eigenvalue weighted by Gasteiger charge is 2.21. The molecule has 0 spiro atoms. The van der Waals surface area contributed by atoms with E-state index in [9.17, 15) is 4.79 Å². The molecular weight excluding hydrogens is 258 g/mol. The topological polar surface area (TPSA) is 20.3 Å². The summed E-state index contributed by atoms with van der Waals surface area (Å²) >= 11 is 6.02. The molecule has 3 rings (SSSR count). The second kappa shape index (κ2) is 5.06. The van der Waals surface area contributed by atoms with Gasteiger partial charge in [-0.1, -0.05) is 35.9 Å². The van der Waals surface area contributed by atoms with E-state index in [4.69, 9.17) is 11.6 Å². The summed E-state index contributed by atoms with van der Waals surface area (Å²) in [6, 6.07) is 15.8. The van der Waals surface area contributed by atoms with Crippen molar-refractivity contribution in [3.8, 4) is 11.1 Å². The van der Waals surface area contributed by atoms with Gasteiger partial charge in [-0.25, -0.2) is 0 Å². The number of benzene rings is 2. The minimum Gasteiger partial charge on any atom is -0.312 e. The fraction of sp³-hybridized carbons (Fsp3) is 0.188. The van der Waals surface area contributed by atoms with Gasteiger partial charge in [0.05, 0.1) is 0 Å². The number of halogens is 1. The van der Waals surface area contributed by atoms with Crippen LogP contribution in [0.1, 0.15) is 12.8 Å². The van der Waals surface area contributed by atoms with Gasteiger partial charge in [0.25, 0.3) is 0 Å². The number of nitrogens with zero attached hydrogens (tertiary/aromatic N) is 1. The van der Waals surface area contributed by atoms with Gasteiger partial charge in [0, 0.05) is 23.7 Å². The zero-order valence-corrected chi connectivity index (χ0v) is 11.2. The smallest absolute Gasteiger partial charge is 0.227 e. The van der Waals surface area contributed by atoms with Gasteiger partial charge in [-0.2, -0.15) is 0 Å². The molecule has 1 aliphatic heterocycles. The molecule has 2 aromatic carbocycles. The molecule has 0 bridgehead atoms. The minimum atomic E-state index is 0.211. The van der Waals surface area contributed by atoms with Crippen molar-refractivity contribution >= 4 is 23.2 Å². The second-order valence-electron chi connectivity index (χ2n) is 4.71. The van der Waals surface area contributed by atoms with Gasteiger partial charge in [-0.3, -0.25) is 4.79 Å². The average Bonchev–Trinajstić information content (AvgIpc) is 2.85. The van der Waals surface area contributed by atoms with Gasteiger partial charge in [0.15, 0.2) is 0 Å². The first-order chi connectivity index (χ1) is 9.24. The van der Waals surface area contributed by atoms with Crippen LogP contribution in [0.5, 0.6) is 0 Å². The molecule has 0 aromatic heterocycles. The summed E-state index contributed by atoms with van der Waals surface area (Å²) in [7, 11) is 0. The lowest BCUT2D eigenvalue weighted by Crippen LogP contribution is -2.23. The number of hydrogen-bond acceptors (Lipinski definition) is 1. The normalized spacial score (nSPS) is 15.0. The molecule has 2 nitrogen and oxygen atoms in total. The van der Waals surface area contributed by atoms with Crippen LogP contribution in [0.25, 0.3) is 11.1 Å². The third kappa shape index (κ3) is 2.49. The molecule has 0 atom stereocenters. The van der Waals surface area contributed by atoms with Crippen LogP contribution in [0, 0.1) is 0 Å². The summed E-state index contributed by atoms with van der Waals surface area (Å²) in [5.41, 5.74) is 3.13. The standard InChI is InChI=1S/C16H14ClNO/c17-14-6-1-4-12(10-14)13-5-2-7-15(11-13)18-9-3-8-16(18)19/h1-2,4-7,10-11H,3,8-9H2. The molecule has 1 saturated heterocycles. The summed E-state index contributed by atoms with van der Waals surface area (Å²) in [6.45, 7) is 0.817. The Morgan fingerprint density at radius 1 is 1.00 bits per heavy atom. The van der Waals surface area contributed by atoms with Gasteiger partial charge in [-0.05, 0) is 41.8 Å². The van der Waals surface area contributed by atoms with Crippen molar-refractivity contribution in [1.29, 1.82) is 0 Å². The molecule has 0 aliphatic carbocycles. The maximum Gasteiger partial charge on any atom is 0.227 e. The van der Waals surface area contributed by atoms with Crippen LogP contribution in [0.3, 0.4) is 0 Å². The molecule has 96 valence electrons. The largest absolute Gasteiger partial charge is 0.312 e. The highest BCUT2D eigenvalue weighted by atomic mass is 35.5. The molecule has 0 unspecified atom stereocenters. The van der Waals surface area contributed by atoms with Crippen LogP contribution >= 0.6 is 11.6 Å². The van der Waals surface area contributed by atoms with Crippen molar-refractivity contribution in [3.63, 3.8) is 0 Å². The Morgan fingerprint density at radius 2 is 1.74 bits per heavy atom. The summed E-state index contributed by atoms with van der Waals surface area (Å²) < 4.78 is 0. The van der Waals surface area contributed by atoms with Crippen molar-refractivity contribution < 1.29 is 4.79 Å². The van der Waals surface area contributed by atoms with Crippen molar-refractivity contribution in [1.82, 2.24) is 0 Å². The Bertz CT molecular complexity index is 624. The predicted octanol–water partition coefficient (Wildman–Crippen LogP) is 4.13.